The van der Waals surface area contributed by atoms with Crippen LogP contribution in [0.4, 0.5) is 4.79 Å². The summed E-state index contributed by atoms with van der Waals surface area (Å²) in [5.74, 6) is 0.719. The van der Waals surface area contributed by atoms with Crippen LogP contribution in [0.3, 0.4) is 0 Å². The number of imide groups is 1. The molecular weight excluding hydrogens is 404 g/mol. The van der Waals surface area contributed by atoms with Gasteiger partial charge < -0.3 is 14.8 Å². The van der Waals surface area contributed by atoms with Crippen LogP contribution in [0.2, 0.25) is 0 Å². The van der Waals surface area contributed by atoms with E-state index in [0.717, 1.165) is 17.3 Å². The summed E-state index contributed by atoms with van der Waals surface area (Å²) in [5.41, 5.74) is 2.02. The minimum atomic E-state index is -0.543. The monoisotopic (exact) mass is 428 g/mol. The first-order chi connectivity index (χ1) is 14.4. The zero-order valence-electron chi connectivity index (χ0n) is 17.1. The molecule has 1 saturated heterocycles. The van der Waals surface area contributed by atoms with E-state index in [1.54, 1.807) is 25.3 Å². The van der Waals surface area contributed by atoms with Gasteiger partial charge in [0.25, 0.3) is 11.1 Å². The Morgan fingerprint density at radius 2 is 1.90 bits per heavy atom. The summed E-state index contributed by atoms with van der Waals surface area (Å²) >= 11 is 0.952. The maximum atomic E-state index is 12.7. The van der Waals surface area contributed by atoms with E-state index in [0.29, 0.717) is 29.2 Å². The molecule has 0 radical (unpaired) electrons. The average molecular weight is 429 g/mol. The third kappa shape index (κ3) is 5.33. The quantitative estimate of drug-likeness (QED) is 0.670. The second kappa shape index (κ2) is 9.67. The number of carbonyl (C=O) groups is 3. The van der Waals surface area contributed by atoms with Crippen molar-refractivity contribution in [1.29, 1.82) is 0 Å². The Labute approximate surface area is 179 Å². The van der Waals surface area contributed by atoms with Crippen LogP contribution in [0.1, 0.15) is 35.3 Å². The van der Waals surface area contributed by atoms with Crippen molar-refractivity contribution in [3.8, 4) is 11.5 Å². The van der Waals surface area contributed by atoms with E-state index in [-0.39, 0.29) is 29.6 Å². The fraction of sp³-hybridized carbons (Fsp3) is 0.318. The lowest BCUT2D eigenvalue weighted by Crippen LogP contribution is -2.26. The lowest BCUT2D eigenvalue weighted by atomic mass is 10.0. The Balaban J connectivity index is 1.78. The van der Waals surface area contributed by atoms with Gasteiger partial charge in [0.15, 0.2) is 0 Å². The zero-order valence-corrected chi connectivity index (χ0v) is 17.9. The summed E-state index contributed by atoms with van der Waals surface area (Å²) in [4.78, 5) is 36.2. The minimum absolute atomic E-state index is 0.0688. The summed E-state index contributed by atoms with van der Waals surface area (Å²) in [5, 5.41) is 4.27. The number of ether oxygens (including phenoxy) is 2. The highest BCUT2D eigenvalue weighted by Crippen LogP contribution is 2.29. The predicted molar refractivity (Wildman–Crippen MR) is 115 cm³/mol. The molecule has 1 aliphatic rings. The van der Waals surface area contributed by atoms with Crippen LogP contribution in [0.5, 0.6) is 11.5 Å². The molecule has 1 heterocycles. The number of para-hydroxylation sites is 1. The first kappa shape index (κ1) is 21.7. The van der Waals surface area contributed by atoms with E-state index in [4.69, 9.17) is 9.47 Å². The van der Waals surface area contributed by atoms with Crippen molar-refractivity contribution in [3.05, 3.63) is 59.2 Å². The van der Waals surface area contributed by atoms with Crippen LogP contribution >= 0.6 is 11.8 Å². The van der Waals surface area contributed by atoms with Gasteiger partial charge in [-0.15, -0.1) is 0 Å². The number of hydrogen-bond donors (Lipinski definition) is 2. The molecular formula is C22H24N2O5S. The molecule has 0 aromatic heterocycles. The van der Waals surface area contributed by atoms with E-state index < -0.39 is 5.25 Å². The van der Waals surface area contributed by atoms with Crippen LogP contribution in [-0.4, -0.2) is 35.5 Å². The number of rotatable bonds is 8. The van der Waals surface area contributed by atoms with Crippen molar-refractivity contribution in [2.75, 3.05) is 7.11 Å². The van der Waals surface area contributed by atoms with Crippen molar-refractivity contribution in [1.82, 2.24) is 10.6 Å². The first-order valence-corrected chi connectivity index (χ1v) is 10.5. The van der Waals surface area contributed by atoms with E-state index in [9.17, 15) is 14.4 Å². The topological polar surface area (TPSA) is 93.7 Å². The smallest absolute Gasteiger partial charge is 0.286 e. The van der Waals surface area contributed by atoms with Crippen molar-refractivity contribution >= 4 is 28.8 Å². The molecule has 2 aromatic carbocycles. The molecule has 0 saturated carbocycles. The molecule has 3 rings (SSSR count). The standard InChI is InChI=1S/C22H24N2O5S/c1-13(2)29-18-9-8-14(10-16(18)11-19-21(26)24-22(27)30-19)20(25)23-12-15-6-4-5-7-17(15)28-3/h4-10,13,19H,11-12H2,1-3H3,(H,23,25)(H,24,26,27). The molecule has 2 aromatic rings. The third-order valence-corrected chi connectivity index (χ3v) is 5.47. The van der Waals surface area contributed by atoms with E-state index in [1.165, 1.54) is 0 Å². The summed E-state index contributed by atoms with van der Waals surface area (Å²) in [6, 6.07) is 12.6. The van der Waals surface area contributed by atoms with Crippen LogP contribution in [0.15, 0.2) is 42.5 Å². The largest absolute Gasteiger partial charge is 0.496 e. The van der Waals surface area contributed by atoms with Crippen LogP contribution in [0, 0.1) is 0 Å². The molecule has 1 aliphatic heterocycles. The Bertz CT molecular complexity index is 960. The number of hydrogen-bond acceptors (Lipinski definition) is 6. The molecule has 158 valence electrons. The van der Waals surface area contributed by atoms with Crippen molar-refractivity contribution in [2.24, 2.45) is 0 Å². The summed E-state index contributed by atoms with van der Waals surface area (Å²) < 4.78 is 11.2. The molecule has 0 bridgehead atoms. The van der Waals surface area contributed by atoms with Crippen molar-refractivity contribution < 1.29 is 23.9 Å². The van der Waals surface area contributed by atoms with Crippen molar-refractivity contribution in [3.63, 3.8) is 0 Å². The predicted octanol–water partition coefficient (Wildman–Crippen LogP) is 3.31. The lowest BCUT2D eigenvalue weighted by molar-refractivity contribution is -0.118. The first-order valence-electron chi connectivity index (χ1n) is 9.58. The number of thioether (sulfide) groups is 1. The second-order valence-corrected chi connectivity index (χ2v) is 8.25. The molecule has 7 nitrogen and oxygen atoms in total. The fourth-order valence-electron chi connectivity index (χ4n) is 3.10. The number of carbonyl (C=O) groups excluding carboxylic acids is 3. The van der Waals surface area contributed by atoms with Gasteiger partial charge in [0.05, 0.1) is 18.5 Å². The molecule has 0 aliphatic carbocycles. The summed E-state index contributed by atoms with van der Waals surface area (Å²) in [7, 11) is 1.59. The maximum Gasteiger partial charge on any atom is 0.286 e. The average Bonchev–Trinajstić information content (AvgIpc) is 3.03. The van der Waals surface area contributed by atoms with Gasteiger partial charge in [-0.2, -0.15) is 0 Å². The molecule has 2 N–H and O–H groups in total. The third-order valence-electron chi connectivity index (χ3n) is 4.49. The number of amides is 3. The number of benzene rings is 2. The fourth-order valence-corrected chi connectivity index (χ4v) is 3.95. The summed E-state index contributed by atoms with van der Waals surface area (Å²) in [6.07, 6.45) is 0.221. The van der Waals surface area contributed by atoms with Gasteiger partial charge in [-0.3, -0.25) is 19.7 Å². The SMILES string of the molecule is COc1ccccc1CNC(=O)c1ccc(OC(C)C)c(CC2SC(=O)NC2=O)c1. The van der Waals surface area contributed by atoms with Gasteiger partial charge in [-0.1, -0.05) is 30.0 Å². The molecule has 8 heteroatoms. The van der Waals surface area contributed by atoms with Crippen molar-refractivity contribution in [2.45, 2.75) is 38.2 Å². The van der Waals surface area contributed by atoms with Crippen LogP contribution < -0.4 is 20.1 Å². The lowest BCUT2D eigenvalue weighted by Gasteiger charge is -2.17. The van der Waals surface area contributed by atoms with Gasteiger partial charge in [-0.05, 0) is 50.1 Å². The minimum Gasteiger partial charge on any atom is -0.496 e. The van der Waals surface area contributed by atoms with Gasteiger partial charge in [0, 0.05) is 17.7 Å². The van der Waals surface area contributed by atoms with Crippen LogP contribution in [-0.2, 0) is 17.8 Å². The van der Waals surface area contributed by atoms with E-state index >= 15 is 0 Å². The molecule has 0 spiro atoms. The van der Waals surface area contributed by atoms with Gasteiger partial charge in [-0.25, -0.2) is 0 Å². The number of methoxy groups -OCH3 is 1. The zero-order chi connectivity index (χ0) is 21.7. The van der Waals surface area contributed by atoms with E-state index in [2.05, 4.69) is 10.6 Å². The Morgan fingerprint density at radius 3 is 2.57 bits per heavy atom. The van der Waals surface area contributed by atoms with Gasteiger partial charge in [0.1, 0.15) is 11.5 Å². The molecule has 3 amide bonds. The summed E-state index contributed by atoms with van der Waals surface area (Å²) in [6.45, 7) is 4.12. The molecule has 1 unspecified atom stereocenters. The van der Waals surface area contributed by atoms with Gasteiger partial charge in [0.2, 0.25) is 5.91 Å². The Kier molecular flexibility index (Phi) is 6.99. The highest BCUT2D eigenvalue weighted by molar-refractivity contribution is 8.15. The maximum absolute atomic E-state index is 12.7. The molecule has 1 atom stereocenters. The highest BCUT2D eigenvalue weighted by atomic mass is 32.2. The number of nitrogens with one attached hydrogen (secondary N) is 2. The Hall–Kier alpha value is -3.00. The van der Waals surface area contributed by atoms with E-state index in [1.807, 2.05) is 38.1 Å². The second-order valence-electron chi connectivity index (χ2n) is 7.07. The van der Waals surface area contributed by atoms with Crippen LogP contribution in [0.25, 0.3) is 0 Å². The molecule has 1 fully saturated rings. The highest BCUT2D eigenvalue weighted by Gasteiger charge is 2.32. The van der Waals surface area contributed by atoms with Gasteiger partial charge >= 0.3 is 0 Å². The normalized spacial score (nSPS) is 15.8. The Morgan fingerprint density at radius 1 is 1.13 bits per heavy atom. The molecule has 30 heavy (non-hydrogen) atoms.